The van der Waals surface area contributed by atoms with E-state index < -0.39 is 20.5 Å². The Morgan fingerprint density at radius 3 is 2.43 bits per heavy atom. The summed E-state index contributed by atoms with van der Waals surface area (Å²) in [6.45, 7) is 0.992. The second kappa shape index (κ2) is 6.67. The van der Waals surface area contributed by atoms with E-state index in [4.69, 9.17) is 16.3 Å². The maximum Gasteiger partial charge on any atom is 0.248 e. The van der Waals surface area contributed by atoms with Crippen LogP contribution in [0.2, 0.25) is 5.02 Å². The Bertz CT molecular complexity index is 699. The summed E-state index contributed by atoms with van der Waals surface area (Å²) in [6.07, 6.45) is 1.66. The highest BCUT2D eigenvalue weighted by molar-refractivity contribution is 7.92. The van der Waals surface area contributed by atoms with Crippen LogP contribution in [0.1, 0.15) is 12.8 Å². The van der Waals surface area contributed by atoms with Crippen LogP contribution in [0.3, 0.4) is 0 Å². The van der Waals surface area contributed by atoms with Gasteiger partial charge in [0.1, 0.15) is 5.75 Å². The van der Waals surface area contributed by atoms with Crippen molar-refractivity contribution in [3.63, 3.8) is 0 Å². The maximum absolute atomic E-state index is 13.0. The molecule has 1 N–H and O–H groups in total. The molecule has 1 aromatic carbocycles. The molecule has 1 aliphatic heterocycles. The molecule has 8 heteroatoms. The van der Waals surface area contributed by atoms with Gasteiger partial charge in [-0.25, -0.2) is 8.42 Å². The van der Waals surface area contributed by atoms with Crippen LogP contribution < -0.4 is 15.0 Å². The second-order valence-electron chi connectivity index (χ2n) is 5.70. The van der Waals surface area contributed by atoms with Gasteiger partial charge in [-0.2, -0.15) is 0 Å². The first-order valence-electron chi connectivity index (χ1n) is 7.25. The number of carbonyl (C=O) groups is 1. The van der Waals surface area contributed by atoms with Gasteiger partial charge in [-0.1, -0.05) is 11.6 Å². The molecule has 0 aromatic heterocycles. The Labute approximate surface area is 141 Å². The van der Waals surface area contributed by atoms with Crippen LogP contribution >= 0.6 is 11.6 Å². The zero-order valence-electron chi connectivity index (χ0n) is 13.4. The quantitative estimate of drug-likeness (QED) is 0.880. The molecule has 0 unspecified atom stereocenters. The molecule has 1 aliphatic rings. The van der Waals surface area contributed by atoms with Crippen molar-refractivity contribution in [3.8, 4) is 5.75 Å². The van der Waals surface area contributed by atoms with E-state index in [0.29, 0.717) is 29.5 Å². The molecule has 0 saturated carbocycles. The first-order valence-corrected chi connectivity index (χ1v) is 9.52. The lowest BCUT2D eigenvalue weighted by Gasteiger charge is -2.37. The van der Waals surface area contributed by atoms with Crippen molar-refractivity contribution in [1.29, 1.82) is 0 Å². The zero-order chi connectivity index (χ0) is 17.3. The summed E-state index contributed by atoms with van der Waals surface area (Å²) in [6, 6.07) is 4.92. The SMILES string of the molecule is COc1ccc(N(C)C(=O)C2(S(C)(=O)=O)CCNCC2)cc1Cl. The van der Waals surface area contributed by atoms with Gasteiger partial charge in [0.25, 0.3) is 0 Å². The summed E-state index contributed by atoms with van der Waals surface area (Å²) in [7, 11) is -0.483. The van der Waals surface area contributed by atoms with Crippen LogP contribution in [-0.4, -0.2) is 52.6 Å². The highest BCUT2D eigenvalue weighted by Crippen LogP contribution is 2.34. The number of halogens is 1. The topological polar surface area (TPSA) is 75.7 Å². The van der Waals surface area contributed by atoms with Crippen molar-refractivity contribution in [2.45, 2.75) is 17.6 Å². The van der Waals surface area contributed by atoms with Gasteiger partial charge in [-0.3, -0.25) is 4.79 Å². The average Bonchev–Trinajstić information content (AvgIpc) is 2.53. The molecule has 1 heterocycles. The smallest absolute Gasteiger partial charge is 0.248 e. The van der Waals surface area contributed by atoms with Crippen molar-refractivity contribution in [2.24, 2.45) is 0 Å². The molecule has 2 rings (SSSR count). The van der Waals surface area contributed by atoms with Crippen molar-refractivity contribution in [3.05, 3.63) is 23.2 Å². The van der Waals surface area contributed by atoms with Gasteiger partial charge >= 0.3 is 0 Å². The standard InChI is InChI=1S/C15H21ClN2O4S/c1-18(11-4-5-13(22-2)12(16)10-11)14(19)15(23(3,20)21)6-8-17-9-7-15/h4-5,10,17H,6-9H2,1-3H3. The first kappa shape index (κ1) is 18.0. The van der Waals surface area contributed by atoms with E-state index in [9.17, 15) is 13.2 Å². The Kier molecular flexibility index (Phi) is 5.23. The lowest BCUT2D eigenvalue weighted by atomic mass is 9.95. The first-order chi connectivity index (χ1) is 10.7. The van der Waals surface area contributed by atoms with Crippen LogP contribution in [0, 0.1) is 0 Å². The minimum Gasteiger partial charge on any atom is -0.495 e. The van der Waals surface area contributed by atoms with Crippen LogP contribution in [0.25, 0.3) is 0 Å². The number of nitrogens with one attached hydrogen (secondary N) is 1. The van der Waals surface area contributed by atoms with Gasteiger partial charge < -0.3 is 15.0 Å². The predicted molar refractivity (Wildman–Crippen MR) is 91.1 cm³/mol. The fraction of sp³-hybridized carbons (Fsp3) is 0.533. The lowest BCUT2D eigenvalue weighted by Crippen LogP contribution is -2.57. The summed E-state index contributed by atoms with van der Waals surface area (Å²) in [4.78, 5) is 14.3. The molecule has 0 bridgehead atoms. The van der Waals surface area contributed by atoms with Crippen LogP contribution in [0.15, 0.2) is 18.2 Å². The number of carbonyl (C=O) groups excluding carboxylic acids is 1. The van der Waals surface area contributed by atoms with E-state index in [1.165, 1.54) is 12.0 Å². The molecule has 23 heavy (non-hydrogen) atoms. The molecule has 128 valence electrons. The van der Waals surface area contributed by atoms with Crippen molar-refractivity contribution < 1.29 is 17.9 Å². The van der Waals surface area contributed by atoms with Crippen LogP contribution in [0.4, 0.5) is 5.69 Å². The number of anilines is 1. The van der Waals surface area contributed by atoms with E-state index in [-0.39, 0.29) is 12.8 Å². The molecule has 1 aromatic rings. The molecule has 0 spiro atoms. The summed E-state index contributed by atoms with van der Waals surface area (Å²) >= 11 is 6.10. The average molecular weight is 361 g/mol. The third-order valence-electron chi connectivity index (χ3n) is 4.34. The van der Waals surface area contributed by atoms with Crippen molar-refractivity contribution >= 4 is 33.0 Å². The number of amides is 1. The van der Waals surface area contributed by atoms with Gasteiger partial charge in [0.2, 0.25) is 5.91 Å². The fourth-order valence-electron chi connectivity index (χ4n) is 2.86. The Morgan fingerprint density at radius 1 is 1.35 bits per heavy atom. The Balaban J connectivity index is 2.38. The Morgan fingerprint density at radius 2 is 1.96 bits per heavy atom. The van der Waals surface area contributed by atoms with Gasteiger partial charge in [0, 0.05) is 19.0 Å². The fourth-order valence-corrected chi connectivity index (χ4v) is 4.51. The highest BCUT2D eigenvalue weighted by atomic mass is 35.5. The molecule has 6 nitrogen and oxygen atoms in total. The van der Waals surface area contributed by atoms with Gasteiger partial charge in [0.15, 0.2) is 14.6 Å². The van der Waals surface area contributed by atoms with Gasteiger partial charge in [0.05, 0.1) is 12.1 Å². The zero-order valence-corrected chi connectivity index (χ0v) is 15.0. The van der Waals surface area contributed by atoms with E-state index in [1.807, 2.05) is 0 Å². The summed E-state index contributed by atoms with van der Waals surface area (Å²) in [5, 5.41) is 3.46. The third-order valence-corrected chi connectivity index (χ3v) is 6.64. The predicted octanol–water partition coefficient (Wildman–Crippen LogP) is 1.48. The highest BCUT2D eigenvalue weighted by Gasteiger charge is 2.50. The number of ether oxygens (including phenoxy) is 1. The number of benzene rings is 1. The molecular weight excluding hydrogens is 340 g/mol. The number of piperidine rings is 1. The summed E-state index contributed by atoms with van der Waals surface area (Å²) < 4.78 is 28.4. The summed E-state index contributed by atoms with van der Waals surface area (Å²) in [5.74, 6) is 0.0682. The number of nitrogens with zero attached hydrogens (tertiary/aromatic N) is 1. The number of methoxy groups -OCH3 is 1. The molecule has 1 saturated heterocycles. The van der Waals surface area contributed by atoms with Crippen molar-refractivity contribution in [1.82, 2.24) is 5.32 Å². The lowest BCUT2D eigenvalue weighted by molar-refractivity contribution is -0.121. The van der Waals surface area contributed by atoms with Gasteiger partial charge in [-0.05, 0) is 44.1 Å². The molecule has 0 aliphatic carbocycles. The maximum atomic E-state index is 13.0. The van der Waals surface area contributed by atoms with E-state index in [2.05, 4.69) is 5.32 Å². The van der Waals surface area contributed by atoms with E-state index in [0.717, 1.165) is 6.26 Å². The molecular formula is C15H21ClN2O4S. The van der Waals surface area contributed by atoms with Crippen LogP contribution in [-0.2, 0) is 14.6 Å². The number of hydrogen-bond donors (Lipinski definition) is 1. The summed E-state index contributed by atoms with van der Waals surface area (Å²) in [5.41, 5.74) is 0.530. The monoisotopic (exact) mass is 360 g/mol. The molecule has 0 atom stereocenters. The Hall–Kier alpha value is -1.31. The number of hydrogen-bond acceptors (Lipinski definition) is 5. The third kappa shape index (κ3) is 3.32. The molecule has 1 fully saturated rings. The number of rotatable bonds is 4. The van der Waals surface area contributed by atoms with E-state index in [1.54, 1.807) is 25.2 Å². The minimum absolute atomic E-state index is 0.263. The van der Waals surface area contributed by atoms with Crippen molar-refractivity contribution in [2.75, 3.05) is 38.4 Å². The van der Waals surface area contributed by atoms with E-state index >= 15 is 0 Å². The molecule has 0 radical (unpaired) electrons. The molecule has 1 amide bonds. The second-order valence-corrected chi connectivity index (χ2v) is 8.43. The number of sulfone groups is 1. The van der Waals surface area contributed by atoms with Crippen LogP contribution in [0.5, 0.6) is 5.75 Å². The minimum atomic E-state index is -3.55. The largest absolute Gasteiger partial charge is 0.495 e. The van der Waals surface area contributed by atoms with Gasteiger partial charge in [-0.15, -0.1) is 0 Å². The normalized spacial score (nSPS) is 17.6.